The van der Waals surface area contributed by atoms with Crippen LogP contribution in [0.2, 0.25) is 0 Å². The third-order valence-corrected chi connectivity index (χ3v) is 2.48. The molecule has 1 heterocycles. The highest BCUT2D eigenvalue weighted by Crippen LogP contribution is 2.06. The zero-order valence-corrected chi connectivity index (χ0v) is 9.54. The second-order valence-corrected chi connectivity index (χ2v) is 3.67. The Labute approximate surface area is 90.0 Å². The fourth-order valence-corrected chi connectivity index (χ4v) is 1.22. The molecule has 1 aromatic heterocycles. The molecule has 15 heavy (non-hydrogen) atoms. The summed E-state index contributed by atoms with van der Waals surface area (Å²) in [5.74, 6) is 1.05. The van der Waals surface area contributed by atoms with Gasteiger partial charge in [-0.25, -0.2) is 0 Å². The fraction of sp³-hybridized carbons (Fsp3) is 0.545. The predicted molar refractivity (Wildman–Crippen MR) is 57.5 cm³/mol. The first kappa shape index (κ1) is 11.8. The van der Waals surface area contributed by atoms with E-state index < -0.39 is 0 Å². The summed E-state index contributed by atoms with van der Waals surface area (Å²) in [4.78, 5) is 11.2. The molecule has 0 spiro atoms. The lowest BCUT2D eigenvalue weighted by Crippen LogP contribution is -2.87. The molecule has 84 valence electrons. The number of rotatable bonds is 5. The first-order valence-electron chi connectivity index (χ1n) is 5.31. The van der Waals surface area contributed by atoms with Crippen LogP contribution < -0.4 is 10.6 Å². The van der Waals surface area contributed by atoms with Crippen LogP contribution in [0.4, 0.5) is 0 Å². The van der Waals surface area contributed by atoms with Crippen molar-refractivity contribution in [1.29, 1.82) is 0 Å². The molecule has 0 aliphatic carbocycles. The predicted octanol–water partition coefficient (Wildman–Crippen LogP) is 0.501. The Balaban J connectivity index is 2.49. The van der Waals surface area contributed by atoms with E-state index in [0.717, 1.165) is 18.7 Å². The molecule has 0 radical (unpaired) electrons. The first-order chi connectivity index (χ1) is 7.17. The van der Waals surface area contributed by atoms with E-state index in [-0.39, 0.29) is 5.91 Å². The number of hydrogen-bond donors (Lipinski definition) is 2. The molecule has 1 unspecified atom stereocenters. The maximum atomic E-state index is 11.2. The van der Waals surface area contributed by atoms with E-state index in [4.69, 9.17) is 4.42 Å². The van der Waals surface area contributed by atoms with E-state index in [2.05, 4.69) is 24.5 Å². The third-order valence-electron chi connectivity index (χ3n) is 2.48. The summed E-state index contributed by atoms with van der Waals surface area (Å²) in [6.45, 7) is 5.11. The van der Waals surface area contributed by atoms with E-state index in [1.807, 2.05) is 6.07 Å². The lowest BCUT2D eigenvalue weighted by molar-refractivity contribution is -0.703. The second-order valence-electron chi connectivity index (χ2n) is 3.67. The molecule has 1 aromatic rings. The summed E-state index contributed by atoms with van der Waals surface area (Å²) < 4.78 is 5.39. The van der Waals surface area contributed by atoms with Gasteiger partial charge in [-0.15, -0.1) is 0 Å². The molecule has 0 aliphatic rings. The van der Waals surface area contributed by atoms with E-state index in [1.54, 1.807) is 13.1 Å². The van der Waals surface area contributed by atoms with Gasteiger partial charge in [0.15, 0.2) is 11.5 Å². The Morgan fingerprint density at radius 1 is 1.60 bits per heavy atom. The Bertz CT molecular complexity index is 320. The standard InChI is InChI=1S/C11H18N2O2/c1-4-8(2)13-7-9-5-6-10(15-9)11(14)12-3/h5-6,8,13H,4,7H2,1-3H3,(H,12,14)/p+1. The van der Waals surface area contributed by atoms with Crippen molar-refractivity contribution in [3.63, 3.8) is 0 Å². The quantitative estimate of drug-likeness (QED) is 0.745. The van der Waals surface area contributed by atoms with Gasteiger partial charge in [0.05, 0.1) is 6.04 Å². The summed E-state index contributed by atoms with van der Waals surface area (Å²) in [6, 6.07) is 4.14. The van der Waals surface area contributed by atoms with Crippen molar-refractivity contribution < 1.29 is 14.5 Å². The van der Waals surface area contributed by atoms with Crippen molar-refractivity contribution in [2.24, 2.45) is 0 Å². The molecule has 0 aliphatic heterocycles. The number of carbonyl (C=O) groups is 1. The number of carbonyl (C=O) groups excluding carboxylic acids is 1. The van der Waals surface area contributed by atoms with E-state index >= 15 is 0 Å². The number of furan rings is 1. The van der Waals surface area contributed by atoms with Crippen molar-refractivity contribution in [3.05, 3.63) is 23.7 Å². The summed E-state index contributed by atoms with van der Waals surface area (Å²) in [7, 11) is 1.59. The Hall–Kier alpha value is -1.29. The maximum absolute atomic E-state index is 11.2. The molecule has 3 N–H and O–H groups in total. The molecule has 0 fully saturated rings. The summed E-state index contributed by atoms with van der Waals surface area (Å²) >= 11 is 0. The second kappa shape index (κ2) is 5.56. The van der Waals surface area contributed by atoms with Gasteiger partial charge >= 0.3 is 0 Å². The lowest BCUT2D eigenvalue weighted by Gasteiger charge is -2.05. The Morgan fingerprint density at radius 3 is 2.93 bits per heavy atom. The fourth-order valence-electron chi connectivity index (χ4n) is 1.22. The highest BCUT2D eigenvalue weighted by atomic mass is 16.4. The Kier molecular flexibility index (Phi) is 4.37. The lowest BCUT2D eigenvalue weighted by atomic mass is 10.2. The monoisotopic (exact) mass is 211 g/mol. The zero-order valence-electron chi connectivity index (χ0n) is 9.54. The van der Waals surface area contributed by atoms with Crippen LogP contribution in [0.15, 0.2) is 16.5 Å². The molecule has 0 saturated heterocycles. The number of nitrogens with one attached hydrogen (secondary N) is 1. The highest BCUT2D eigenvalue weighted by molar-refractivity contribution is 5.91. The van der Waals surface area contributed by atoms with Crippen LogP contribution in [0.3, 0.4) is 0 Å². The normalized spacial score (nSPS) is 12.5. The summed E-state index contributed by atoms with van der Waals surface area (Å²) in [5.41, 5.74) is 0. The summed E-state index contributed by atoms with van der Waals surface area (Å²) in [6.07, 6.45) is 1.13. The minimum atomic E-state index is -0.176. The molecule has 1 atom stereocenters. The van der Waals surface area contributed by atoms with Crippen molar-refractivity contribution in [2.75, 3.05) is 7.05 Å². The van der Waals surface area contributed by atoms with Gasteiger partial charge in [0, 0.05) is 7.05 Å². The molecular weight excluding hydrogens is 192 g/mol. The largest absolute Gasteiger partial charge is 0.450 e. The Morgan fingerprint density at radius 2 is 2.33 bits per heavy atom. The number of quaternary nitrogens is 1. The molecule has 0 bridgehead atoms. The van der Waals surface area contributed by atoms with Crippen LogP contribution in [-0.4, -0.2) is 19.0 Å². The number of nitrogens with two attached hydrogens (primary N) is 1. The minimum absolute atomic E-state index is 0.176. The molecule has 4 nitrogen and oxygen atoms in total. The van der Waals surface area contributed by atoms with Gasteiger partial charge in [0.2, 0.25) is 0 Å². The van der Waals surface area contributed by atoms with Gasteiger partial charge in [-0.2, -0.15) is 0 Å². The number of amides is 1. The molecule has 4 heteroatoms. The highest BCUT2D eigenvalue weighted by Gasteiger charge is 2.10. The topological polar surface area (TPSA) is 58.9 Å². The van der Waals surface area contributed by atoms with Gasteiger partial charge in [-0.05, 0) is 25.5 Å². The van der Waals surface area contributed by atoms with E-state index in [0.29, 0.717) is 11.8 Å². The van der Waals surface area contributed by atoms with Gasteiger partial charge < -0.3 is 15.1 Å². The van der Waals surface area contributed by atoms with Gasteiger partial charge in [-0.1, -0.05) is 6.92 Å². The van der Waals surface area contributed by atoms with Crippen molar-refractivity contribution >= 4 is 5.91 Å². The number of hydrogen-bond acceptors (Lipinski definition) is 2. The maximum Gasteiger partial charge on any atom is 0.286 e. The van der Waals surface area contributed by atoms with Gasteiger partial charge in [0.1, 0.15) is 6.54 Å². The van der Waals surface area contributed by atoms with E-state index in [9.17, 15) is 4.79 Å². The first-order valence-corrected chi connectivity index (χ1v) is 5.31. The van der Waals surface area contributed by atoms with Crippen LogP contribution in [0.1, 0.15) is 36.6 Å². The van der Waals surface area contributed by atoms with Crippen molar-refractivity contribution in [1.82, 2.24) is 5.32 Å². The van der Waals surface area contributed by atoms with Crippen molar-refractivity contribution in [3.8, 4) is 0 Å². The van der Waals surface area contributed by atoms with Gasteiger partial charge in [0.25, 0.3) is 5.91 Å². The molecule has 1 rings (SSSR count). The van der Waals surface area contributed by atoms with Crippen LogP contribution in [0.25, 0.3) is 0 Å². The average Bonchev–Trinajstić information content (AvgIpc) is 2.73. The minimum Gasteiger partial charge on any atom is -0.450 e. The van der Waals surface area contributed by atoms with Crippen LogP contribution in [-0.2, 0) is 6.54 Å². The molecular formula is C11H19N2O2+. The van der Waals surface area contributed by atoms with Gasteiger partial charge in [-0.3, -0.25) is 4.79 Å². The molecule has 1 amide bonds. The van der Waals surface area contributed by atoms with Crippen LogP contribution >= 0.6 is 0 Å². The average molecular weight is 211 g/mol. The zero-order chi connectivity index (χ0) is 11.3. The van der Waals surface area contributed by atoms with Crippen LogP contribution in [0.5, 0.6) is 0 Å². The molecule has 0 aromatic carbocycles. The van der Waals surface area contributed by atoms with Crippen molar-refractivity contribution in [2.45, 2.75) is 32.9 Å². The van der Waals surface area contributed by atoms with E-state index in [1.165, 1.54) is 0 Å². The van der Waals surface area contributed by atoms with Crippen LogP contribution in [0, 0.1) is 0 Å². The third kappa shape index (κ3) is 3.40. The SMILES string of the molecule is CCC(C)[NH2+]Cc1ccc(C(=O)NC)o1. The smallest absolute Gasteiger partial charge is 0.286 e. The molecule has 0 saturated carbocycles. The summed E-state index contributed by atoms with van der Waals surface area (Å²) in [5, 5.41) is 4.73.